The maximum absolute atomic E-state index is 4.61. The predicted molar refractivity (Wildman–Crippen MR) is 123 cm³/mol. The van der Waals surface area contributed by atoms with Crippen molar-refractivity contribution in [3.63, 3.8) is 0 Å². The van der Waals surface area contributed by atoms with Crippen LogP contribution in [0.25, 0.3) is 0 Å². The molecule has 0 saturated heterocycles. The van der Waals surface area contributed by atoms with Crippen molar-refractivity contribution in [2.45, 2.75) is 19.9 Å². The zero-order chi connectivity index (χ0) is 20.3. The lowest BCUT2D eigenvalue weighted by molar-refractivity contribution is 0.660. The van der Waals surface area contributed by atoms with Gasteiger partial charge in [0.05, 0.1) is 33.7 Å². The van der Waals surface area contributed by atoms with Crippen LogP contribution >= 0.6 is 20.6 Å². The maximum atomic E-state index is 4.61. The van der Waals surface area contributed by atoms with Crippen LogP contribution in [0.4, 0.5) is 5.69 Å². The summed E-state index contributed by atoms with van der Waals surface area (Å²) in [5.74, 6) is 0. The van der Waals surface area contributed by atoms with Crippen LogP contribution in [0.2, 0.25) is 0 Å². The van der Waals surface area contributed by atoms with Crippen molar-refractivity contribution < 1.29 is 0 Å². The molecule has 0 spiro atoms. The number of aromatic nitrogens is 2. The monoisotopic (exact) mass is 409 g/mol. The van der Waals surface area contributed by atoms with Crippen LogP contribution in [0.15, 0.2) is 46.6 Å². The number of nitrogens with one attached hydrogen (secondary N) is 1. The van der Waals surface area contributed by atoms with Gasteiger partial charge in [-0.1, -0.05) is 12.1 Å². The third-order valence-electron chi connectivity index (χ3n) is 4.59. The maximum Gasteiger partial charge on any atom is 0.0843 e. The molecule has 0 aliphatic heterocycles. The fourth-order valence-electron chi connectivity index (χ4n) is 3.25. The minimum atomic E-state index is -0.0572. The summed E-state index contributed by atoms with van der Waals surface area (Å²) in [6.07, 6.45) is 3.44. The fraction of sp³-hybridized carbons (Fsp3) is 0.238. The second-order valence-corrected chi connectivity index (χ2v) is 8.28. The van der Waals surface area contributed by atoms with Gasteiger partial charge < -0.3 is 5.32 Å². The molecule has 2 aromatic heterocycles. The minimum Gasteiger partial charge on any atom is -0.308 e. The zero-order valence-electron chi connectivity index (χ0n) is 16.5. The Kier molecular flexibility index (Phi) is 6.45. The van der Waals surface area contributed by atoms with Gasteiger partial charge in [-0.15, -0.1) is 20.6 Å². The van der Waals surface area contributed by atoms with E-state index in [1.54, 1.807) is 23.7 Å². The van der Waals surface area contributed by atoms with Crippen molar-refractivity contribution in [1.82, 2.24) is 15.3 Å². The van der Waals surface area contributed by atoms with Gasteiger partial charge in [0.25, 0.3) is 0 Å². The molecule has 3 aromatic rings. The Morgan fingerprint density at radius 1 is 1.21 bits per heavy atom. The van der Waals surface area contributed by atoms with E-state index in [0.717, 1.165) is 44.1 Å². The molecule has 28 heavy (non-hydrogen) atoms. The highest BCUT2D eigenvalue weighted by Crippen LogP contribution is 2.32. The Balaban J connectivity index is 2.13. The van der Waals surface area contributed by atoms with E-state index in [0.29, 0.717) is 0 Å². The van der Waals surface area contributed by atoms with E-state index in [1.807, 2.05) is 27.1 Å². The first-order valence-electron chi connectivity index (χ1n) is 8.89. The van der Waals surface area contributed by atoms with Gasteiger partial charge in [0.1, 0.15) is 0 Å². The van der Waals surface area contributed by atoms with E-state index in [4.69, 9.17) is 0 Å². The molecule has 144 valence electrons. The largest absolute Gasteiger partial charge is 0.308 e. The Bertz CT molecular complexity index is 1040. The summed E-state index contributed by atoms with van der Waals surface area (Å²) < 4.78 is 0. The van der Waals surface area contributed by atoms with E-state index in [9.17, 15) is 0 Å². The normalized spacial score (nSPS) is 12.8. The van der Waals surface area contributed by atoms with Crippen molar-refractivity contribution in [2.24, 2.45) is 9.98 Å². The first-order chi connectivity index (χ1) is 13.5. The molecule has 0 radical (unpaired) electrons. The van der Waals surface area contributed by atoms with Crippen LogP contribution in [-0.2, 0) is 0 Å². The molecule has 1 aromatic carbocycles. The van der Waals surface area contributed by atoms with Gasteiger partial charge in [-0.2, -0.15) is 0 Å². The molecule has 3 rings (SSSR count). The third-order valence-corrected chi connectivity index (χ3v) is 6.14. The van der Waals surface area contributed by atoms with Gasteiger partial charge in [-0.25, -0.2) is 0 Å². The van der Waals surface area contributed by atoms with Gasteiger partial charge in [-0.05, 0) is 50.6 Å². The summed E-state index contributed by atoms with van der Waals surface area (Å²) in [5, 5.41) is 4.45. The molecular formula is C21H24N5PS. The van der Waals surface area contributed by atoms with E-state index in [2.05, 4.69) is 66.3 Å². The standard InChI is InChI=1S/C21H24N5PS/c1-12-10-16(22-3)21(28-12)20(24-5)15-11-14(6-7-17(15)27)19(23-4)18-13(2)25-8-9-26-18/h6-11,19,23H,3,27H2,1-2,4-5H3/b24-20-. The molecule has 0 amide bonds. The number of nitrogens with zero attached hydrogens (tertiary/aromatic N) is 4. The predicted octanol–water partition coefficient (Wildman–Crippen LogP) is 3.76. The van der Waals surface area contributed by atoms with Crippen LogP contribution in [0.5, 0.6) is 0 Å². The number of benzene rings is 1. The van der Waals surface area contributed by atoms with Crippen LogP contribution < -0.4 is 10.6 Å². The molecule has 5 nitrogen and oxygen atoms in total. The molecule has 2 atom stereocenters. The van der Waals surface area contributed by atoms with Gasteiger partial charge in [0, 0.05) is 29.9 Å². The number of hydrogen-bond acceptors (Lipinski definition) is 6. The second kappa shape index (κ2) is 8.82. The second-order valence-electron chi connectivity index (χ2n) is 6.40. The van der Waals surface area contributed by atoms with Gasteiger partial charge in [0.2, 0.25) is 0 Å². The third kappa shape index (κ3) is 3.95. The summed E-state index contributed by atoms with van der Waals surface area (Å²) >= 11 is 1.68. The molecule has 0 bridgehead atoms. The molecule has 0 aliphatic rings. The van der Waals surface area contributed by atoms with Gasteiger partial charge in [-0.3, -0.25) is 20.0 Å². The average molecular weight is 409 g/mol. The lowest BCUT2D eigenvalue weighted by atomic mass is 9.97. The van der Waals surface area contributed by atoms with E-state index in [-0.39, 0.29) is 6.04 Å². The summed E-state index contributed by atoms with van der Waals surface area (Å²) in [4.78, 5) is 20.0. The Morgan fingerprint density at radius 3 is 2.61 bits per heavy atom. The summed E-state index contributed by atoms with van der Waals surface area (Å²) in [6.45, 7) is 7.77. The Hall–Kier alpha value is -2.27. The smallest absolute Gasteiger partial charge is 0.0843 e. The SMILES string of the molecule is C=Nc1cc(C)sc1/C(=N\C)c1cc(C(NC)c2nccnc2C)ccc1P. The van der Waals surface area contributed by atoms with Crippen molar-refractivity contribution in [3.05, 3.63) is 68.9 Å². The summed E-state index contributed by atoms with van der Waals surface area (Å²) in [6, 6.07) is 8.36. The number of aliphatic imine (C=N–C) groups is 2. The van der Waals surface area contributed by atoms with Crippen molar-refractivity contribution in [1.29, 1.82) is 0 Å². The highest BCUT2D eigenvalue weighted by atomic mass is 32.1. The first-order valence-corrected chi connectivity index (χ1v) is 10.3. The van der Waals surface area contributed by atoms with Crippen LogP contribution in [-0.4, -0.2) is 36.5 Å². The molecule has 7 heteroatoms. The number of hydrogen-bond donors (Lipinski definition) is 1. The average Bonchev–Trinajstić information content (AvgIpc) is 3.07. The molecule has 2 unspecified atom stereocenters. The van der Waals surface area contributed by atoms with E-state index >= 15 is 0 Å². The quantitative estimate of drug-likeness (QED) is 0.498. The lowest BCUT2D eigenvalue weighted by Gasteiger charge is -2.19. The van der Waals surface area contributed by atoms with Gasteiger partial charge in [0.15, 0.2) is 0 Å². The Morgan fingerprint density at radius 2 is 1.96 bits per heavy atom. The Labute approximate surface area is 172 Å². The van der Waals surface area contributed by atoms with Crippen molar-refractivity contribution >= 4 is 44.0 Å². The highest BCUT2D eigenvalue weighted by molar-refractivity contribution is 7.27. The number of thiophene rings is 1. The highest BCUT2D eigenvalue weighted by Gasteiger charge is 2.21. The van der Waals surface area contributed by atoms with Crippen LogP contribution in [0, 0.1) is 13.8 Å². The topological polar surface area (TPSA) is 62.5 Å². The molecule has 0 aliphatic carbocycles. The molecule has 2 heterocycles. The molecular weight excluding hydrogens is 385 g/mol. The molecule has 1 N–H and O–H groups in total. The summed E-state index contributed by atoms with van der Waals surface area (Å²) in [7, 11) is 6.56. The van der Waals surface area contributed by atoms with Crippen LogP contribution in [0.3, 0.4) is 0 Å². The number of rotatable bonds is 6. The van der Waals surface area contributed by atoms with Crippen molar-refractivity contribution in [2.75, 3.05) is 14.1 Å². The molecule has 0 fully saturated rings. The lowest BCUT2D eigenvalue weighted by Crippen LogP contribution is -2.22. The zero-order valence-corrected chi connectivity index (χ0v) is 18.5. The minimum absolute atomic E-state index is 0.0572. The molecule has 0 saturated carbocycles. The van der Waals surface area contributed by atoms with Crippen LogP contribution in [0.1, 0.15) is 38.3 Å². The van der Waals surface area contributed by atoms with E-state index < -0.39 is 0 Å². The van der Waals surface area contributed by atoms with Crippen molar-refractivity contribution in [3.8, 4) is 0 Å². The van der Waals surface area contributed by atoms with Gasteiger partial charge >= 0.3 is 0 Å². The fourth-order valence-corrected chi connectivity index (χ4v) is 4.59. The first kappa shape index (κ1) is 20.5. The number of aryl methyl sites for hydroxylation is 2. The van der Waals surface area contributed by atoms with E-state index in [1.165, 1.54) is 4.88 Å². The summed E-state index contributed by atoms with van der Waals surface area (Å²) in [5.41, 5.74) is 5.77.